The Labute approximate surface area is 123 Å². The van der Waals surface area contributed by atoms with Crippen LogP contribution in [0.5, 0.6) is 5.75 Å². The summed E-state index contributed by atoms with van der Waals surface area (Å²) in [5, 5.41) is 0.684. The summed E-state index contributed by atoms with van der Waals surface area (Å²) in [4.78, 5) is 22.8. The van der Waals surface area contributed by atoms with E-state index in [0.29, 0.717) is 16.7 Å². The molecule has 0 saturated carbocycles. The lowest BCUT2D eigenvalue weighted by molar-refractivity contribution is -0.131. The van der Waals surface area contributed by atoms with Gasteiger partial charge in [0.25, 0.3) is 0 Å². The molecule has 2 rings (SSSR count). The van der Waals surface area contributed by atoms with Crippen LogP contribution in [0.2, 0.25) is 0 Å². The van der Waals surface area contributed by atoms with Crippen molar-refractivity contribution in [2.45, 2.75) is 46.5 Å². The highest BCUT2D eigenvalue weighted by Crippen LogP contribution is 2.30. The molecule has 112 valence electrons. The number of benzene rings is 1. The predicted octanol–water partition coefficient (Wildman–Crippen LogP) is 3.76. The Kier molecular flexibility index (Phi) is 4.78. The van der Waals surface area contributed by atoms with Crippen LogP contribution in [-0.2, 0) is 11.2 Å². The number of ether oxygens (including phenoxy) is 1. The Morgan fingerprint density at radius 3 is 2.67 bits per heavy atom. The van der Waals surface area contributed by atoms with Crippen molar-refractivity contribution < 1.29 is 13.9 Å². The number of fused-ring (bicyclic) bond motifs is 1. The molecule has 4 heteroatoms. The van der Waals surface area contributed by atoms with E-state index in [1.807, 2.05) is 19.1 Å². The molecule has 0 aliphatic carbocycles. The van der Waals surface area contributed by atoms with Gasteiger partial charge in [-0.1, -0.05) is 19.8 Å². The molecule has 2 aromatic rings. The largest absolute Gasteiger partial charge is 0.426 e. The highest BCUT2D eigenvalue weighted by Gasteiger charge is 2.12. The maximum absolute atomic E-state index is 11.5. The van der Waals surface area contributed by atoms with Crippen LogP contribution < -0.4 is 10.4 Å². The van der Waals surface area contributed by atoms with Crippen LogP contribution in [0, 0.1) is 6.92 Å². The summed E-state index contributed by atoms with van der Waals surface area (Å²) in [6, 6.07) is 5.14. The van der Waals surface area contributed by atoms with E-state index in [1.54, 1.807) is 0 Å². The van der Waals surface area contributed by atoms with Crippen molar-refractivity contribution in [3.63, 3.8) is 0 Å². The lowest BCUT2D eigenvalue weighted by atomic mass is 10.0. The molecule has 0 amide bonds. The van der Waals surface area contributed by atoms with Crippen LogP contribution in [0.15, 0.2) is 27.4 Å². The van der Waals surface area contributed by atoms with Gasteiger partial charge in [-0.05, 0) is 43.0 Å². The number of unbranched alkanes of at least 4 members (excludes halogenated alkanes) is 2. The van der Waals surface area contributed by atoms with E-state index < -0.39 is 0 Å². The lowest BCUT2D eigenvalue weighted by Crippen LogP contribution is -2.05. The standard InChI is InChI=1S/C17H20O4/c1-4-5-6-7-13-9-14(20-12(3)18)17-11(2)8-16(19)21-15(17)10-13/h8-10H,4-7H2,1-3H3. The van der Waals surface area contributed by atoms with Gasteiger partial charge in [-0.3, -0.25) is 4.79 Å². The molecule has 1 aromatic heterocycles. The van der Waals surface area contributed by atoms with Gasteiger partial charge in [-0.15, -0.1) is 0 Å². The smallest absolute Gasteiger partial charge is 0.336 e. The molecular formula is C17H20O4. The van der Waals surface area contributed by atoms with E-state index in [9.17, 15) is 9.59 Å². The van der Waals surface area contributed by atoms with Gasteiger partial charge in [0.2, 0.25) is 0 Å². The third kappa shape index (κ3) is 3.72. The number of carbonyl (C=O) groups excluding carboxylic acids is 1. The van der Waals surface area contributed by atoms with Crippen molar-refractivity contribution in [2.75, 3.05) is 0 Å². The maximum Gasteiger partial charge on any atom is 0.336 e. The van der Waals surface area contributed by atoms with Crippen molar-refractivity contribution in [1.29, 1.82) is 0 Å². The van der Waals surface area contributed by atoms with Gasteiger partial charge in [0.05, 0.1) is 5.39 Å². The van der Waals surface area contributed by atoms with Gasteiger partial charge in [-0.25, -0.2) is 4.79 Å². The van der Waals surface area contributed by atoms with Crippen LogP contribution in [0.25, 0.3) is 11.0 Å². The zero-order valence-electron chi connectivity index (χ0n) is 12.7. The van der Waals surface area contributed by atoms with E-state index in [0.717, 1.165) is 36.8 Å². The van der Waals surface area contributed by atoms with Crippen LogP contribution >= 0.6 is 0 Å². The molecule has 0 unspecified atom stereocenters. The third-order valence-corrected chi connectivity index (χ3v) is 3.39. The minimum atomic E-state index is -0.389. The molecule has 4 nitrogen and oxygen atoms in total. The number of hydrogen-bond acceptors (Lipinski definition) is 4. The average molecular weight is 288 g/mol. The van der Waals surface area contributed by atoms with Crippen molar-refractivity contribution in [3.8, 4) is 5.75 Å². The molecule has 1 heterocycles. The van der Waals surface area contributed by atoms with Crippen LogP contribution in [-0.4, -0.2) is 5.97 Å². The molecule has 21 heavy (non-hydrogen) atoms. The first-order chi connectivity index (χ1) is 10.0. The average Bonchev–Trinajstić information content (AvgIpc) is 2.37. The van der Waals surface area contributed by atoms with Crippen molar-refractivity contribution in [3.05, 3.63) is 39.7 Å². The lowest BCUT2D eigenvalue weighted by Gasteiger charge is -2.10. The first-order valence-corrected chi connectivity index (χ1v) is 7.27. The van der Waals surface area contributed by atoms with E-state index in [1.165, 1.54) is 13.0 Å². The van der Waals surface area contributed by atoms with Gasteiger partial charge < -0.3 is 9.15 Å². The van der Waals surface area contributed by atoms with E-state index in [2.05, 4.69) is 6.92 Å². The molecule has 0 atom stereocenters. The zero-order chi connectivity index (χ0) is 15.4. The van der Waals surface area contributed by atoms with Gasteiger partial charge in [0.1, 0.15) is 11.3 Å². The van der Waals surface area contributed by atoms with Crippen molar-refractivity contribution in [2.24, 2.45) is 0 Å². The molecule has 0 N–H and O–H groups in total. The van der Waals surface area contributed by atoms with Crippen LogP contribution in [0.3, 0.4) is 0 Å². The fourth-order valence-electron chi connectivity index (χ4n) is 2.46. The van der Waals surface area contributed by atoms with Crippen LogP contribution in [0.1, 0.15) is 44.2 Å². The maximum atomic E-state index is 11.5. The molecule has 0 radical (unpaired) electrons. The van der Waals surface area contributed by atoms with Gasteiger partial charge in [-0.2, -0.15) is 0 Å². The topological polar surface area (TPSA) is 56.5 Å². The molecule has 0 fully saturated rings. The molecular weight excluding hydrogens is 268 g/mol. The monoisotopic (exact) mass is 288 g/mol. The molecule has 0 aliphatic rings. The normalized spacial score (nSPS) is 10.8. The third-order valence-electron chi connectivity index (χ3n) is 3.39. The number of aryl methyl sites for hydroxylation is 2. The fraction of sp³-hybridized carbons (Fsp3) is 0.412. The first-order valence-electron chi connectivity index (χ1n) is 7.27. The van der Waals surface area contributed by atoms with E-state index >= 15 is 0 Å². The summed E-state index contributed by atoms with van der Waals surface area (Å²) >= 11 is 0. The van der Waals surface area contributed by atoms with E-state index in [-0.39, 0.29) is 11.6 Å². The van der Waals surface area contributed by atoms with Crippen molar-refractivity contribution in [1.82, 2.24) is 0 Å². The Morgan fingerprint density at radius 1 is 1.24 bits per heavy atom. The molecule has 1 aromatic carbocycles. The Bertz CT molecular complexity index is 713. The molecule has 0 spiro atoms. The second-order valence-electron chi connectivity index (χ2n) is 5.27. The minimum absolute atomic E-state index is 0.382. The molecule has 0 bridgehead atoms. The van der Waals surface area contributed by atoms with Gasteiger partial charge >= 0.3 is 11.6 Å². The fourth-order valence-corrected chi connectivity index (χ4v) is 2.46. The Balaban J connectivity index is 2.53. The Hall–Kier alpha value is -2.10. The zero-order valence-corrected chi connectivity index (χ0v) is 12.7. The van der Waals surface area contributed by atoms with E-state index in [4.69, 9.17) is 9.15 Å². The number of esters is 1. The van der Waals surface area contributed by atoms with Gasteiger partial charge in [0.15, 0.2) is 0 Å². The number of carbonyl (C=O) groups is 1. The SMILES string of the molecule is CCCCCc1cc(OC(C)=O)c2c(C)cc(=O)oc2c1. The summed E-state index contributed by atoms with van der Waals surface area (Å²) in [5.41, 5.74) is 1.85. The second kappa shape index (κ2) is 6.57. The van der Waals surface area contributed by atoms with Gasteiger partial charge in [0, 0.05) is 13.0 Å². The van der Waals surface area contributed by atoms with Crippen LogP contribution in [0.4, 0.5) is 0 Å². The summed E-state index contributed by atoms with van der Waals surface area (Å²) < 4.78 is 10.6. The summed E-state index contributed by atoms with van der Waals surface area (Å²) in [7, 11) is 0. The number of rotatable bonds is 5. The summed E-state index contributed by atoms with van der Waals surface area (Å²) in [5.74, 6) is 0.0837. The molecule has 0 saturated heterocycles. The summed E-state index contributed by atoms with van der Waals surface area (Å²) in [6.45, 7) is 5.32. The Morgan fingerprint density at radius 2 is 2.00 bits per heavy atom. The number of hydrogen-bond donors (Lipinski definition) is 0. The molecule has 0 aliphatic heterocycles. The summed E-state index contributed by atoms with van der Waals surface area (Å²) in [6.07, 6.45) is 4.20. The highest BCUT2D eigenvalue weighted by atomic mass is 16.5. The predicted molar refractivity (Wildman–Crippen MR) is 81.8 cm³/mol. The first kappa shape index (κ1) is 15.3. The van der Waals surface area contributed by atoms with Crippen molar-refractivity contribution >= 4 is 16.9 Å². The second-order valence-corrected chi connectivity index (χ2v) is 5.27. The quantitative estimate of drug-likeness (QED) is 0.364. The minimum Gasteiger partial charge on any atom is -0.426 e. The highest BCUT2D eigenvalue weighted by molar-refractivity contribution is 5.89.